The van der Waals surface area contributed by atoms with Crippen molar-refractivity contribution in [3.05, 3.63) is 76.2 Å². The van der Waals surface area contributed by atoms with Crippen molar-refractivity contribution in [1.82, 2.24) is 0 Å². The average molecular weight is 358 g/mol. The van der Waals surface area contributed by atoms with Gasteiger partial charge in [0, 0.05) is 17.4 Å². The van der Waals surface area contributed by atoms with Gasteiger partial charge in [0.1, 0.15) is 12.4 Å². The van der Waals surface area contributed by atoms with E-state index < -0.39 is 17.7 Å². The van der Waals surface area contributed by atoms with Gasteiger partial charge in [-0.3, -0.25) is 9.69 Å². The first-order chi connectivity index (χ1) is 12.0. The topological polar surface area (TPSA) is 46.6 Å². The lowest BCUT2D eigenvalue weighted by atomic mass is 9.84. The summed E-state index contributed by atoms with van der Waals surface area (Å²) in [6, 6.07) is 12.8. The first kappa shape index (κ1) is 15.8. The van der Waals surface area contributed by atoms with Crippen molar-refractivity contribution in [2.24, 2.45) is 0 Å². The quantitative estimate of drug-likeness (QED) is 0.768. The van der Waals surface area contributed by atoms with E-state index in [2.05, 4.69) is 0 Å². The summed E-state index contributed by atoms with van der Waals surface area (Å²) in [4.78, 5) is 26.5. The molecule has 4 nitrogen and oxygen atoms in total. The molecule has 0 fully saturated rings. The standard InChI is InChI=1S/C19H13ClFNO3/c20-12-4-1-3-11(7-12)15-9-17(23)22(14-6-2-5-13(21)8-14)16-10-25-19(24)18(15)16/h1-8,15H,9-10H2/t15-/m0/s1. The van der Waals surface area contributed by atoms with Crippen LogP contribution in [0.3, 0.4) is 0 Å². The molecule has 6 heteroatoms. The second-order valence-electron chi connectivity index (χ2n) is 5.96. The zero-order valence-corrected chi connectivity index (χ0v) is 13.8. The fourth-order valence-electron chi connectivity index (χ4n) is 3.38. The highest BCUT2D eigenvalue weighted by Crippen LogP contribution is 2.42. The van der Waals surface area contributed by atoms with Gasteiger partial charge in [-0.25, -0.2) is 9.18 Å². The number of rotatable bonds is 2. The van der Waals surface area contributed by atoms with Crippen LogP contribution in [-0.4, -0.2) is 18.5 Å². The highest BCUT2D eigenvalue weighted by Gasteiger charge is 2.43. The predicted octanol–water partition coefficient (Wildman–Crippen LogP) is 3.81. The van der Waals surface area contributed by atoms with Gasteiger partial charge in [0.25, 0.3) is 0 Å². The van der Waals surface area contributed by atoms with Gasteiger partial charge in [-0.2, -0.15) is 0 Å². The second kappa shape index (κ2) is 6.01. The Morgan fingerprint density at radius 1 is 1.12 bits per heavy atom. The van der Waals surface area contributed by atoms with Gasteiger partial charge in [0.05, 0.1) is 17.0 Å². The molecule has 25 heavy (non-hydrogen) atoms. The summed E-state index contributed by atoms with van der Waals surface area (Å²) in [6.07, 6.45) is 0.0881. The van der Waals surface area contributed by atoms with Crippen LogP contribution in [0.15, 0.2) is 59.8 Å². The maximum absolute atomic E-state index is 13.6. The van der Waals surface area contributed by atoms with Crippen LogP contribution in [-0.2, 0) is 14.3 Å². The van der Waals surface area contributed by atoms with E-state index in [1.54, 1.807) is 24.3 Å². The monoisotopic (exact) mass is 357 g/mol. The molecule has 2 aliphatic rings. The summed E-state index contributed by atoms with van der Waals surface area (Å²) in [6.45, 7) is -0.00646. The van der Waals surface area contributed by atoms with E-state index in [9.17, 15) is 14.0 Å². The Morgan fingerprint density at radius 2 is 1.92 bits per heavy atom. The van der Waals surface area contributed by atoms with Crippen LogP contribution >= 0.6 is 11.6 Å². The van der Waals surface area contributed by atoms with Gasteiger partial charge in [-0.1, -0.05) is 29.8 Å². The lowest BCUT2D eigenvalue weighted by Gasteiger charge is -2.31. The highest BCUT2D eigenvalue weighted by atomic mass is 35.5. The summed E-state index contributed by atoms with van der Waals surface area (Å²) in [5.41, 5.74) is 2.08. The minimum atomic E-state index is -0.450. The number of halogens is 2. The van der Waals surface area contributed by atoms with Crippen LogP contribution in [0.2, 0.25) is 5.02 Å². The largest absolute Gasteiger partial charge is 0.456 e. The van der Waals surface area contributed by atoms with Crippen LogP contribution in [0.5, 0.6) is 0 Å². The molecule has 0 N–H and O–H groups in total. The fourth-order valence-corrected chi connectivity index (χ4v) is 3.58. The van der Waals surface area contributed by atoms with E-state index in [1.165, 1.54) is 23.1 Å². The third kappa shape index (κ3) is 2.70. The van der Waals surface area contributed by atoms with Gasteiger partial charge in [0.15, 0.2) is 0 Å². The summed E-state index contributed by atoms with van der Waals surface area (Å²) >= 11 is 6.05. The minimum Gasteiger partial charge on any atom is -0.456 e. The number of amides is 1. The molecule has 0 saturated heterocycles. The van der Waals surface area contributed by atoms with Crippen molar-refractivity contribution in [3.8, 4) is 0 Å². The molecule has 0 aromatic heterocycles. The Bertz CT molecular complexity index is 924. The average Bonchev–Trinajstić information content (AvgIpc) is 2.96. The normalized spacial score (nSPS) is 19.9. The van der Waals surface area contributed by atoms with Gasteiger partial charge in [0.2, 0.25) is 5.91 Å². The molecular formula is C19H13ClFNO3. The first-order valence-corrected chi connectivity index (χ1v) is 8.16. The molecule has 4 rings (SSSR count). The summed E-state index contributed by atoms with van der Waals surface area (Å²) < 4.78 is 18.8. The van der Waals surface area contributed by atoms with Crippen molar-refractivity contribution in [2.45, 2.75) is 12.3 Å². The van der Waals surface area contributed by atoms with E-state index in [0.29, 0.717) is 22.0 Å². The number of ether oxygens (including phenoxy) is 1. The van der Waals surface area contributed by atoms with Crippen LogP contribution in [0.1, 0.15) is 17.9 Å². The molecule has 2 aromatic carbocycles. The maximum atomic E-state index is 13.6. The van der Waals surface area contributed by atoms with E-state index >= 15 is 0 Å². The number of nitrogens with zero attached hydrogens (tertiary/aromatic N) is 1. The highest BCUT2D eigenvalue weighted by molar-refractivity contribution is 6.30. The summed E-state index contributed by atoms with van der Waals surface area (Å²) in [7, 11) is 0. The Labute approximate surface area is 148 Å². The molecule has 0 radical (unpaired) electrons. The molecule has 0 saturated carbocycles. The van der Waals surface area contributed by atoms with Gasteiger partial charge in [-0.05, 0) is 35.9 Å². The molecule has 0 spiro atoms. The molecule has 1 atom stereocenters. The van der Waals surface area contributed by atoms with Crippen LogP contribution in [0.25, 0.3) is 0 Å². The number of cyclic esters (lactones) is 1. The van der Waals surface area contributed by atoms with E-state index in [1.807, 2.05) is 6.07 Å². The first-order valence-electron chi connectivity index (χ1n) is 7.79. The zero-order valence-electron chi connectivity index (χ0n) is 13.0. The number of carbonyl (C=O) groups excluding carboxylic acids is 2. The lowest BCUT2D eigenvalue weighted by molar-refractivity contribution is -0.136. The summed E-state index contributed by atoms with van der Waals surface area (Å²) in [5.74, 6) is -1.53. The van der Waals surface area contributed by atoms with Crippen LogP contribution < -0.4 is 4.90 Å². The molecule has 0 unspecified atom stereocenters. The molecule has 126 valence electrons. The smallest absolute Gasteiger partial charge is 0.336 e. The molecule has 0 aliphatic carbocycles. The van der Waals surface area contributed by atoms with Crippen molar-refractivity contribution >= 4 is 29.2 Å². The van der Waals surface area contributed by atoms with E-state index in [-0.39, 0.29) is 18.9 Å². The number of carbonyl (C=O) groups is 2. The van der Waals surface area contributed by atoms with Gasteiger partial charge in [-0.15, -0.1) is 0 Å². The molecule has 2 heterocycles. The third-order valence-electron chi connectivity index (χ3n) is 4.43. The Hall–Kier alpha value is -2.66. The maximum Gasteiger partial charge on any atom is 0.336 e. The van der Waals surface area contributed by atoms with Crippen molar-refractivity contribution in [1.29, 1.82) is 0 Å². The van der Waals surface area contributed by atoms with Crippen LogP contribution in [0, 0.1) is 5.82 Å². The van der Waals surface area contributed by atoms with E-state index in [0.717, 1.165) is 5.56 Å². The number of esters is 1. The molecule has 2 aliphatic heterocycles. The molecular weight excluding hydrogens is 345 g/mol. The summed E-state index contributed by atoms with van der Waals surface area (Å²) in [5, 5.41) is 0.533. The molecule has 2 aromatic rings. The number of hydrogen-bond donors (Lipinski definition) is 0. The SMILES string of the molecule is O=C1OCC2=C1[C@H](c1cccc(Cl)c1)CC(=O)N2c1cccc(F)c1. The number of hydrogen-bond acceptors (Lipinski definition) is 3. The van der Waals surface area contributed by atoms with Crippen molar-refractivity contribution in [2.75, 3.05) is 11.5 Å². The minimum absolute atomic E-state index is 0.00646. The third-order valence-corrected chi connectivity index (χ3v) is 4.67. The predicted molar refractivity (Wildman–Crippen MR) is 90.7 cm³/mol. The second-order valence-corrected chi connectivity index (χ2v) is 6.39. The Morgan fingerprint density at radius 3 is 2.68 bits per heavy atom. The molecule has 1 amide bonds. The van der Waals surface area contributed by atoms with Crippen LogP contribution in [0.4, 0.5) is 10.1 Å². The Balaban J connectivity index is 1.84. The van der Waals surface area contributed by atoms with Crippen molar-refractivity contribution in [3.63, 3.8) is 0 Å². The lowest BCUT2D eigenvalue weighted by Crippen LogP contribution is -2.37. The zero-order chi connectivity index (χ0) is 17.6. The number of anilines is 1. The van der Waals surface area contributed by atoms with Gasteiger partial charge < -0.3 is 4.74 Å². The molecule has 0 bridgehead atoms. The van der Waals surface area contributed by atoms with Gasteiger partial charge >= 0.3 is 5.97 Å². The Kier molecular flexibility index (Phi) is 3.81. The van der Waals surface area contributed by atoms with E-state index in [4.69, 9.17) is 16.3 Å². The fraction of sp³-hybridized carbons (Fsp3) is 0.158. The van der Waals surface area contributed by atoms with Crippen molar-refractivity contribution < 1.29 is 18.7 Å². The number of benzene rings is 2.